The van der Waals surface area contributed by atoms with E-state index in [4.69, 9.17) is 5.11 Å². The summed E-state index contributed by atoms with van der Waals surface area (Å²) in [7, 11) is -3.61. The zero-order valence-electron chi connectivity index (χ0n) is 9.61. The van der Waals surface area contributed by atoms with Crippen LogP contribution < -0.4 is 4.72 Å². The zero-order chi connectivity index (χ0) is 12.3. The summed E-state index contributed by atoms with van der Waals surface area (Å²) in [4.78, 5) is 0.166. The van der Waals surface area contributed by atoms with E-state index < -0.39 is 16.1 Å². The molecule has 92 valence electrons. The molecule has 1 atom stereocenters. The molecule has 0 aliphatic rings. The predicted molar refractivity (Wildman–Crippen MR) is 59.5 cm³/mol. The summed E-state index contributed by atoms with van der Waals surface area (Å²) in [5.74, 6) is 0. The van der Waals surface area contributed by atoms with Gasteiger partial charge in [0.2, 0.25) is 10.0 Å². The zero-order valence-corrected chi connectivity index (χ0v) is 10.4. The van der Waals surface area contributed by atoms with Gasteiger partial charge in [-0.15, -0.1) is 0 Å². The topological polar surface area (TPSA) is 95.1 Å². The van der Waals surface area contributed by atoms with E-state index >= 15 is 0 Å². The minimum Gasteiger partial charge on any atom is -0.395 e. The Kier molecular flexibility index (Phi) is 4.06. The molecule has 1 rings (SSSR count). The number of aliphatic hydroxyl groups excluding tert-OH is 1. The van der Waals surface area contributed by atoms with Crippen LogP contribution in [0.1, 0.15) is 24.7 Å². The maximum absolute atomic E-state index is 12.0. The predicted octanol–water partition coefficient (Wildman–Crippen LogP) is 0.0757. The Bertz CT molecular complexity index is 429. The van der Waals surface area contributed by atoms with E-state index in [0.29, 0.717) is 17.8 Å². The molecule has 0 unspecified atom stereocenters. The first kappa shape index (κ1) is 13.1. The van der Waals surface area contributed by atoms with Crippen LogP contribution in [-0.4, -0.2) is 36.4 Å². The molecule has 0 bridgehead atoms. The molecule has 0 spiro atoms. The Balaban J connectivity index is 3.03. The van der Waals surface area contributed by atoms with E-state index in [0.717, 1.165) is 0 Å². The van der Waals surface area contributed by atoms with E-state index in [1.54, 1.807) is 20.8 Å². The second-order valence-electron chi connectivity index (χ2n) is 3.67. The number of aryl methyl sites for hydroxylation is 2. The van der Waals surface area contributed by atoms with Crippen LogP contribution in [-0.2, 0) is 10.0 Å². The lowest BCUT2D eigenvalue weighted by molar-refractivity contribution is 0.254. The van der Waals surface area contributed by atoms with Crippen LogP contribution in [0.15, 0.2) is 4.90 Å². The number of hydrogen-bond donors (Lipinski definition) is 3. The van der Waals surface area contributed by atoms with E-state index in [2.05, 4.69) is 14.9 Å². The Labute approximate surface area is 95.1 Å². The van der Waals surface area contributed by atoms with Crippen LogP contribution >= 0.6 is 0 Å². The van der Waals surface area contributed by atoms with Crippen molar-refractivity contribution in [2.24, 2.45) is 0 Å². The highest BCUT2D eigenvalue weighted by Crippen LogP contribution is 2.16. The lowest BCUT2D eigenvalue weighted by atomic mass is 10.3. The first-order valence-corrected chi connectivity index (χ1v) is 6.55. The van der Waals surface area contributed by atoms with Gasteiger partial charge in [-0.3, -0.25) is 5.10 Å². The molecule has 1 aromatic heterocycles. The van der Waals surface area contributed by atoms with Gasteiger partial charge in [-0.25, -0.2) is 13.1 Å². The molecule has 6 nitrogen and oxygen atoms in total. The highest BCUT2D eigenvalue weighted by Gasteiger charge is 2.24. The summed E-state index contributed by atoms with van der Waals surface area (Å²) >= 11 is 0. The SMILES string of the molecule is CC[C@H](CO)NS(=O)(=O)c1c(C)n[nH]c1C. The molecule has 0 saturated carbocycles. The van der Waals surface area contributed by atoms with Crippen molar-refractivity contribution in [3.05, 3.63) is 11.4 Å². The Morgan fingerprint density at radius 1 is 1.50 bits per heavy atom. The maximum Gasteiger partial charge on any atom is 0.244 e. The van der Waals surface area contributed by atoms with Crippen LogP contribution in [0, 0.1) is 13.8 Å². The summed E-state index contributed by atoms with van der Waals surface area (Å²) in [6.45, 7) is 4.86. The quantitative estimate of drug-likeness (QED) is 0.686. The number of rotatable bonds is 5. The van der Waals surface area contributed by atoms with Gasteiger partial charge in [0.05, 0.1) is 18.0 Å². The van der Waals surface area contributed by atoms with Crippen molar-refractivity contribution in [3.63, 3.8) is 0 Å². The smallest absolute Gasteiger partial charge is 0.244 e. The fraction of sp³-hybridized carbons (Fsp3) is 0.667. The highest BCUT2D eigenvalue weighted by molar-refractivity contribution is 7.89. The van der Waals surface area contributed by atoms with Crippen LogP contribution in [0.3, 0.4) is 0 Å². The fourth-order valence-electron chi connectivity index (χ4n) is 1.46. The van der Waals surface area contributed by atoms with Crippen LogP contribution in [0.25, 0.3) is 0 Å². The number of aromatic nitrogens is 2. The van der Waals surface area contributed by atoms with Crippen molar-refractivity contribution in [2.75, 3.05) is 6.61 Å². The van der Waals surface area contributed by atoms with Crippen molar-refractivity contribution in [1.82, 2.24) is 14.9 Å². The minimum absolute atomic E-state index is 0.166. The van der Waals surface area contributed by atoms with Gasteiger partial charge in [0.25, 0.3) is 0 Å². The molecule has 3 N–H and O–H groups in total. The molecule has 0 fully saturated rings. The maximum atomic E-state index is 12.0. The molecular formula is C9H17N3O3S. The molecule has 16 heavy (non-hydrogen) atoms. The summed E-state index contributed by atoms with van der Waals surface area (Å²) in [6, 6.07) is -0.460. The number of sulfonamides is 1. The van der Waals surface area contributed by atoms with Gasteiger partial charge < -0.3 is 5.11 Å². The van der Waals surface area contributed by atoms with Gasteiger partial charge >= 0.3 is 0 Å². The molecule has 1 aromatic rings. The fourth-order valence-corrected chi connectivity index (χ4v) is 3.15. The summed E-state index contributed by atoms with van der Waals surface area (Å²) < 4.78 is 26.4. The summed E-state index contributed by atoms with van der Waals surface area (Å²) in [6.07, 6.45) is 0.533. The molecule has 0 aliphatic heterocycles. The second kappa shape index (κ2) is 4.94. The first-order chi connectivity index (χ1) is 7.42. The minimum atomic E-state index is -3.61. The average Bonchev–Trinajstić information content (AvgIpc) is 2.55. The van der Waals surface area contributed by atoms with Gasteiger partial charge in [0.1, 0.15) is 4.90 Å². The van der Waals surface area contributed by atoms with Crippen molar-refractivity contribution in [1.29, 1.82) is 0 Å². The molecule has 7 heteroatoms. The van der Waals surface area contributed by atoms with Crippen LogP contribution in [0.4, 0.5) is 0 Å². The van der Waals surface area contributed by atoms with Crippen molar-refractivity contribution in [3.8, 4) is 0 Å². The summed E-state index contributed by atoms with van der Waals surface area (Å²) in [5, 5.41) is 15.4. The summed E-state index contributed by atoms with van der Waals surface area (Å²) in [5.41, 5.74) is 0.926. The first-order valence-electron chi connectivity index (χ1n) is 5.07. The van der Waals surface area contributed by atoms with Crippen molar-refractivity contribution >= 4 is 10.0 Å². The van der Waals surface area contributed by atoms with Crippen molar-refractivity contribution in [2.45, 2.75) is 38.1 Å². The van der Waals surface area contributed by atoms with E-state index in [9.17, 15) is 8.42 Å². The number of nitrogens with zero attached hydrogens (tertiary/aromatic N) is 1. The second-order valence-corrected chi connectivity index (χ2v) is 5.32. The van der Waals surface area contributed by atoms with Gasteiger partial charge in [-0.05, 0) is 20.3 Å². The number of hydrogen-bond acceptors (Lipinski definition) is 4. The molecule has 1 heterocycles. The third-order valence-corrected chi connectivity index (χ3v) is 4.15. The lowest BCUT2D eigenvalue weighted by Gasteiger charge is -2.14. The Morgan fingerprint density at radius 3 is 2.50 bits per heavy atom. The third kappa shape index (κ3) is 2.60. The van der Waals surface area contributed by atoms with Crippen molar-refractivity contribution < 1.29 is 13.5 Å². The van der Waals surface area contributed by atoms with Gasteiger partial charge in [-0.1, -0.05) is 6.92 Å². The largest absolute Gasteiger partial charge is 0.395 e. The van der Waals surface area contributed by atoms with Gasteiger partial charge in [0, 0.05) is 6.04 Å². The molecule has 0 aliphatic carbocycles. The molecule has 0 saturated heterocycles. The van der Waals surface area contributed by atoms with E-state index in [1.165, 1.54) is 0 Å². The van der Waals surface area contributed by atoms with E-state index in [1.807, 2.05) is 0 Å². The van der Waals surface area contributed by atoms with Gasteiger partial charge in [0.15, 0.2) is 0 Å². The molecular weight excluding hydrogens is 230 g/mol. The van der Waals surface area contributed by atoms with Gasteiger partial charge in [-0.2, -0.15) is 5.10 Å². The Morgan fingerprint density at radius 2 is 2.12 bits per heavy atom. The number of aliphatic hydroxyl groups is 1. The normalized spacial score (nSPS) is 14.0. The number of aromatic amines is 1. The number of nitrogens with one attached hydrogen (secondary N) is 2. The molecule has 0 radical (unpaired) electrons. The standard InChI is InChI=1S/C9H17N3O3S/c1-4-8(5-13)12-16(14,15)9-6(2)10-11-7(9)3/h8,12-13H,4-5H2,1-3H3,(H,10,11)/t8-/m1/s1. The monoisotopic (exact) mass is 247 g/mol. The van der Waals surface area contributed by atoms with Crippen LogP contribution in [0.2, 0.25) is 0 Å². The van der Waals surface area contributed by atoms with E-state index in [-0.39, 0.29) is 11.5 Å². The lowest BCUT2D eigenvalue weighted by Crippen LogP contribution is -2.37. The Hall–Kier alpha value is -0.920. The molecule has 0 aromatic carbocycles. The highest BCUT2D eigenvalue weighted by atomic mass is 32.2. The average molecular weight is 247 g/mol. The third-order valence-electron chi connectivity index (χ3n) is 2.36. The van der Waals surface area contributed by atoms with Crippen LogP contribution in [0.5, 0.6) is 0 Å². The number of H-pyrrole nitrogens is 1. The molecule has 0 amide bonds.